The van der Waals surface area contributed by atoms with Crippen LogP contribution in [0.1, 0.15) is 20.8 Å². The predicted octanol–water partition coefficient (Wildman–Crippen LogP) is 0.782. The van der Waals surface area contributed by atoms with Crippen molar-refractivity contribution in [3.05, 3.63) is 18.7 Å². The smallest absolute Gasteiger partial charge is 0.241 e. The van der Waals surface area contributed by atoms with Crippen molar-refractivity contribution in [1.82, 2.24) is 29.4 Å². The largest absolute Gasteiger partial charge is 0.368 e. The van der Waals surface area contributed by atoms with Crippen molar-refractivity contribution in [1.29, 1.82) is 0 Å². The van der Waals surface area contributed by atoms with Crippen LogP contribution in [0.2, 0.25) is 0 Å². The highest BCUT2D eigenvalue weighted by molar-refractivity contribution is 5.35. The van der Waals surface area contributed by atoms with E-state index in [1.807, 2.05) is 0 Å². The van der Waals surface area contributed by atoms with Crippen LogP contribution in [0.25, 0.3) is 5.95 Å². The van der Waals surface area contributed by atoms with E-state index in [2.05, 4.69) is 50.9 Å². The molecule has 1 atom stereocenters. The van der Waals surface area contributed by atoms with Gasteiger partial charge in [0.05, 0.1) is 0 Å². The second kappa shape index (κ2) is 6.98. The minimum absolute atomic E-state index is 0.186. The minimum atomic E-state index is 0.186. The summed E-state index contributed by atoms with van der Waals surface area (Å²) in [5.41, 5.74) is 5.75. The molecule has 114 valence electrons. The number of nitrogens with zero attached hydrogens (tertiary/aromatic N) is 6. The molecule has 0 aliphatic heterocycles. The van der Waals surface area contributed by atoms with E-state index in [9.17, 15) is 0 Å². The lowest BCUT2D eigenvalue weighted by molar-refractivity contribution is 0.294. The SMILES string of the molecule is CCN(CC)CC(C)Nc1nc(N)nc(-n2ccnc2)n1. The normalized spacial score (nSPS) is 12.6. The maximum Gasteiger partial charge on any atom is 0.241 e. The lowest BCUT2D eigenvalue weighted by atomic mass is 10.3. The van der Waals surface area contributed by atoms with Crippen LogP contribution in [-0.4, -0.2) is 55.1 Å². The Morgan fingerprint density at radius 1 is 1.29 bits per heavy atom. The number of nitrogens with two attached hydrogens (primary N) is 1. The van der Waals surface area contributed by atoms with E-state index >= 15 is 0 Å². The number of aromatic nitrogens is 5. The number of likely N-dealkylation sites (N-methyl/N-ethyl adjacent to an activating group) is 1. The minimum Gasteiger partial charge on any atom is -0.368 e. The summed E-state index contributed by atoms with van der Waals surface area (Å²) in [5.74, 6) is 1.12. The van der Waals surface area contributed by atoms with Crippen LogP contribution in [-0.2, 0) is 0 Å². The molecule has 0 aromatic carbocycles. The van der Waals surface area contributed by atoms with Crippen molar-refractivity contribution < 1.29 is 0 Å². The van der Waals surface area contributed by atoms with Crippen LogP contribution >= 0.6 is 0 Å². The van der Waals surface area contributed by atoms with Crippen LogP contribution < -0.4 is 11.1 Å². The van der Waals surface area contributed by atoms with Gasteiger partial charge in [-0.1, -0.05) is 13.8 Å². The Labute approximate surface area is 124 Å². The maximum absolute atomic E-state index is 5.75. The summed E-state index contributed by atoms with van der Waals surface area (Å²) in [6.07, 6.45) is 5.05. The van der Waals surface area contributed by atoms with E-state index in [0.717, 1.165) is 19.6 Å². The first-order valence-corrected chi connectivity index (χ1v) is 7.11. The van der Waals surface area contributed by atoms with Gasteiger partial charge in [0.25, 0.3) is 0 Å². The first-order valence-electron chi connectivity index (χ1n) is 7.11. The molecule has 8 nitrogen and oxygen atoms in total. The van der Waals surface area contributed by atoms with E-state index in [1.54, 1.807) is 23.3 Å². The standard InChI is InChI=1S/C13H22N8/c1-4-20(5-2)8-10(3)16-12-17-11(14)18-13(19-12)21-7-6-15-9-21/h6-7,9-10H,4-5,8H2,1-3H3,(H3,14,16,17,18,19). The molecule has 2 heterocycles. The molecule has 1 unspecified atom stereocenters. The zero-order valence-electron chi connectivity index (χ0n) is 12.7. The molecule has 21 heavy (non-hydrogen) atoms. The Morgan fingerprint density at radius 2 is 2.05 bits per heavy atom. The van der Waals surface area contributed by atoms with Crippen molar-refractivity contribution in [2.45, 2.75) is 26.8 Å². The molecular weight excluding hydrogens is 268 g/mol. The third-order valence-corrected chi connectivity index (χ3v) is 3.18. The molecule has 2 rings (SSSR count). The first kappa shape index (κ1) is 15.2. The van der Waals surface area contributed by atoms with Gasteiger partial charge in [-0.05, 0) is 20.0 Å². The molecular formula is C13H22N8. The van der Waals surface area contributed by atoms with Gasteiger partial charge in [-0.3, -0.25) is 4.57 Å². The molecule has 2 aromatic rings. The Kier molecular flexibility index (Phi) is 5.04. The monoisotopic (exact) mass is 290 g/mol. The zero-order chi connectivity index (χ0) is 15.2. The van der Waals surface area contributed by atoms with E-state index in [1.165, 1.54) is 0 Å². The summed E-state index contributed by atoms with van der Waals surface area (Å²) in [6, 6.07) is 0.210. The van der Waals surface area contributed by atoms with E-state index in [4.69, 9.17) is 5.73 Å². The third kappa shape index (κ3) is 4.12. The molecule has 0 amide bonds. The Morgan fingerprint density at radius 3 is 2.67 bits per heavy atom. The summed E-state index contributed by atoms with van der Waals surface area (Å²) in [5, 5.41) is 3.27. The van der Waals surface area contributed by atoms with E-state index in [0.29, 0.717) is 11.9 Å². The summed E-state index contributed by atoms with van der Waals surface area (Å²) < 4.78 is 1.69. The number of nitrogens with one attached hydrogen (secondary N) is 1. The van der Waals surface area contributed by atoms with Crippen molar-refractivity contribution in [2.24, 2.45) is 0 Å². The summed E-state index contributed by atoms with van der Waals surface area (Å²) in [4.78, 5) is 18.9. The van der Waals surface area contributed by atoms with Gasteiger partial charge in [0.15, 0.2) is 0 Å². The van der Waals surface area contributed by atoms with Crippen molar-refractivity contribution in [3.8, 4) is 5.95 Å². The average Bonchev–Trinajstić information content (AvgIpc) is 2.98. The number of hydrogen-bond acceptors (Lipinski definition) is 7. The first-order chi connectivity index (χ1) is 10.1. The highest BCUT2D eigenvalue weighted by Gasteiger charge is 2.11. The van der Waals surface area contributed by atoms with Crippen molar-refractivity contribution in [2.75, 3.05) is 30.7 Å². The molecule has 2 aromatic heterocycles. The molecule has 0 fully saturated rings. The topological polar surface area (TPSA) is 97.8 Å². The number of hydrogen-bond donors (Lipinski definition) is 2. The fourth-order valence-corrected chi connectivity index (χ4v) is 2.07. The van der Waals surface area contributed by atoms with Crippen LogP contribution in [0.5, 0.6) is 0 Å². The van der Waals surface area contributed by atoms with Gasteiger partial charge in [-0.2, -0.15) is 15.0 Å². The van der Waals surface area contributed by atoms with Crippen molar-refractivity contribution in [3.63, 3.8) is 0 Å². The van der Waals surface area contributed by atoms with Gasteiger partial charge in [0, 0.05) is 25.0 Å². The van der Waals surface area contributed by atoms with Gasteiger partial charge in [0.1, 0.15) is 6.33 Å². The van der Waals surface area contributed by atoms with Crippen LogP contribution in [0.15, 0.2) is 18.7 Å². The summed E-state index contributed by atoms with van der Waals surface area (Å²) in [6.45, 7) is 9.33. The molecule has 0 spiro atoms. The molecule has 0 saturated heterocycles. The predicted molar refractivity (Wildman–Crippen MR) is 82.2 cm³/mol. The Hall–Kier alpha value is -2.22. The lowest BCUT2D eigenvalue weighted by Gasteiger charge is -2.23. The fraction of sp³-hybridized carbons (Fsp3) is 0.538. The maximum atomic E-state index is 5.75. The highest BCUT2D eigenvalue weighted by Crippen LogP contribution is 2.08. The summed E-state index contributed by atoms with van der Waals surface area (Å²) >= 11 is 0. The molecule has 3 N–H and O–H groups in total. The van der Waals surface area contributed by atoms with Crippen LogP contribution in [0.3, 0.4) is 0 Å². The van der Waals surface area contributed by atoms with Gasteiger partial charge in [-0.25, -0.2) is 4.98 Å². The number of nitrogen functional groups attached to an aromatic ring is 1. The molecule has 0 aliphatic rings. The average molecular weight is 290 g/mol. The van der Waals surface area contributed by atoms with Gasteiger partial charge >= 0.3 is 0 Å². The van der Waals surface area contributed by atoms with Gasteiger partial charge in [-0.15, -0.1) is 0 Å². The van der Waals surface area contributed by atoms with E-state index in [-0.39, 0.29) is 12.0 Å². The Bertz CT molecular complexity index is 549. The molecule has 0 radical (unpaired) electrons. The third-order valence-electron chi connectivity index (χ3n) is 3.18. The lowest BCUT2D eigenvalue weighted by Crippen LogP contribution is -2.35. The second-order valence-corrected chi connectivity index (χ2v) is 4.82. The van der Waals surface area contributed by atoms with Gasteiger partial charge < -0.3 is 16.0 Å². The fourth-order valence-electron chi connectivity index (χ4n) is 2.07. The highest BCUT2D eigenvalue weighted by atomic mass is 15.3. The van der Waals surface area contributed by atoms with Gasteiger partial charge in [0.2, 0.25) is 17.8 Å². The number of rotatable bonds is 7. The van der Waals surface area contributed by atoms with Crippen LogP contribution in [0, 0.1) is 0 Å². The second-order valence-electron chi connectivity index (χ2n) is 4.82. The van der Waals surface area contributed by atoms with Crippen molar-refractivity contribution >= 4 is 11.9 Å². The quantitative estimate of drug-likeness (QED) is 0.777. The summed E-state index contributed by atoms with van der Waals surface area (Å²) in [7, 11) is 0. The molecule has 0 saturated carbocycles. The Balaban J connectivity index is 2.10. The molecule has 8 heteroatoms. The van der Waals surface area contributed by atoms with E-state index < -0.39 is 0 Å². The molecule has 0 aliphatic carbocycles. The number of anilines is 2. The molecule has 0 bridgehead atoms. The zero-order valence-corrected chi connectivity index (χ0v) is 12.7. The van der Waals surface area contributed by atoms with Crippen LogP contribution in [0.4, 0.5) is 11.9 Å². The number of imidazole rings is 1.